The Balaban J connectivity index is 1.31. The summed E-state index contributed by atoms with van der Waals surface area (Å²) in [5.74, 6) is -0.00577. The molecule has 0 saturated carbocycles. The molecule has 1 atom stereocenters. The maximum atomic E-state index is 15.3. The molecule has 0 aliphatic carbocycles. The van der Waals surface area contributed by atoms with Gasteiger partial charge in [0.25, 0.3) is 11.1 Å². The number of hydrogen-bond donors (Lipinski definition) is 2. The Morgan fingerprint density at radius 3 is 2.70 bits per heavy atom. The Kier molecular flexibility index (Phi) is 7.98. The molecule has 43 heavy (non-hydrogen) atoms. The zero-order chi connectivity index (χ0) is 30.9. The highest BCUT2D eigenvalue weighted by Gasteiger charge is 2.37. The average Bonchev–Trinajstić information content (AvgIpc) is 2.93. The van der Waals surface area contributed by atoms with E-state index in [0.717, 1.165) is 12.3 Å². The van der Waals surface area contributed by atoms with Crippen LogP contribution in [0.5, 0.6) is 5.75 Å². The van der Waals surface area contributed by atoms with E-state index < -0.39 is 40.4 Å². The highest BCUT2D eigenvalue weighted by molar-refractivity contribution is 5.83. The zero-order valence-electron chi connectivity index (χ0n) is 22.9. The van der Waals surface area contributed by atoms with Crippen molar-refractivity contribution >= 4 is 22.4 Å². The van der Waals surface area contributed by atoms with Crippen LogP contribution in [0.25, 0.3) is 22.3 Å². The van der Waals surface area contributed by atoms with E-state index >= 15 is 4.39 Å². The van der Waals surface area contributed by atoms with Crippen LogP contribution in [0.4, 0.5) is 29.1 Å². The number of methoxy groups -OCH3 is 1. The van der Waals surface area contributed by atoms with Crippen LogP contribution in [0.3, 0.4) is 0 Å². The Morgan fingerprint density at radius 1 is 1.23 bits per heavy atom. The van der Waals surface area contributed by atoms with Crippen molar-refractivity contribution in [3.8, 4) is 23.2 Å². The van der Waals surface area contributed by atoms with Gasteiger partial charge in [0.15, 0.2) is 17.4 Å². The summed E-state index contributed by atoms with van der Waals surface area (Å²) in [5.41, 5.74) is -3.39. The van der Waals surface area contributed by atoms with Crippen molar-refractivity contribution in [2.75, 3.05) is 30.4 Å². The summed E-state index contributed by atoms with van der Waals surface area (Å²) in [6.45, 7) is 2.71. The normalized spacial score (nSPS) is 14.3. The van der Waals surface area contributed by atoms with Crippen LogP contribution in [0, 0.1) is 23.1 Å². The Hall–Kier alpha value is -5.07. The van der Waals surface area contributed by atoms with Crippen LogP contribution in [-0.2, 0) is 12.7 Å². The highest BCUT2D eigenvalue weighted by Crippen LogP contribution is 2.34. The lowest BCUT2D eigenvalue weighted by Gasteiger charge is -2.36. The minimum absolute atomic E-state index is 0.0331. The summed E-state index contributed by atoms with van der Waals surface area (Å²) in [4.78, 5) is 39.6. The summed E-state index contributed by atoms with van der Waals surface area (Å²) >= 11 is 0. The molecule has 0 bridgehead atoms. The van der Waals surface area contributed by atoms with E-state index in [9.17, 15) is 22.8 Å². The summed E-state index contributed by atoms with van der Waals surface area (Å²) in [7, 11) is 1.46. The summed E-state index contributed by atoms with van der Waals surface area (Å²) in [6, 6.07) is 4.14. The lowest BCUT2D eigenvalue weighted by Crippen LogP contribution is -2.46. The van der Waals surface area contributed by atoms with Crippen molar-refractivity contribution in [2.45, 2.75) is 38.5 Å². The van der Waals surface area contributed by atoms with Gasteiger partial charge in [0.2, 0.25) is 0 Å². The topological polar surface area (TPSA) is 155 Å². The number of rotatable bonds is 9. The largest absolute Gasteiger partial charge is 0.491 e. The molecule has 1 aromatic carbocycles. The third-order valence-corrected chi connectivity index (χ3v) is 7.05. The number of hydrogen-bond acceptors (Lipinski definition) is 10. The number of anilines is 2. The second-order valence-corrected chi connectivity index (χ2v) is 10.1. The van der Waals surface area contributed by atoms with Gasteiger partial charge in [0.1, 0.15) is 11.4 Å². The van der Waals surface area contributed by atoms with Crippen molar-refractivity contribution in [2.24, 2.45) is 5.92 Å². The minimum Gasteiger partial charge on any atom is -0.491 e. The molecule has 4 heterocycles. The van der Waals surface area contributed by atoms with Crippen molar-refractivity contribution in [1.82, 2.24) is 29.7 Å². The number of alkyl halides is 3. The third-order valence-electron chi connectivity index (χ3n) is 7.05. The van der Waals surface area contributed by atoms with E-state index in [1.807, 2.05) is 4.90 Å². The number of H-pyrrole nitrogens is 1. The van der Waals surface area contributed by atoms with Crippen LogP contribution in [0.15, 0.2) is 40.4 Å². The van der Waals surface area contributed by atoms with Crippen molar-refractivity contribution < 1.29 is 22.3 Å². The van der Waals surface area contributed by atoms with Gasteiger partial charge in [-0.05, 0) is 31.9 Å². The molecule has 5 rings (SSSR count). The number of halogens is 4. The molecule has 12 nitrogen and oxygen atoms in total. The molecule has 0 unspecified atom stereocenters. The second kappa shape index (κ2) is 11.7. The van der Waals surface area contributed by atoms with E-state index in [2.05, 4.69) is 31.4 Å². The molecule has 1 aliphatic rings. The van der Waals surface area contributed by atoms with Crippen molar-refractivity contribution in [3.63, 3.8) is 0 Å². The first kappa shape index (κ1) is 29.4. The summed E-state index contributed by atoms with van der Waals surface area (Å²) in [5, 5.41) is 17.0. The quantitative estimate of drug-likeness (QED) is 0.274. The van der Waals surface area contributed by atoms with E-state index in [4.69, 9.17) is 10.00 Å². The average molecular weight is 600 g/mol. The molecule has 3 aromatic heterocycles. The molecule has 0 spiro atoms. The Morgan fingerprint density at radius 2 is 2.00 bits per heavy atom. The van der Waals surface area contributed by atoms with Crippen LogP contribution < -0.4 is 26.1 Å². The van der Waals surface area contributed by atoms with Gasteiger partial charge in [-0.2, -0.15) is 23.5 Å². The number of ether oxygens (including phenoxy) is 1. The van der Waals surface area contributed by atoms with Gasteiger partial charge in [-0.25, -0.2) is 24.4 Å². The fourth-order valence-electron chi connectivity index (χ4n) is 4.80. The van der Waals surface area contributed by atoms with Gasteiger partial charge < -0.3 is 15.0 Å². The van der Waals surface area contributed by atoms with Gasteiger partial charge in [-0.15, -0.1) is 0 Å². The van der Waals surface area contributed by atoms with Gasteiger partial charge in [0.05, 0.1) is 60.0 Å². The predicted octanol–water partition coefficient (Wildman–Crippen LogP) is 3.34. The van der Waals surface area contributed by atoms with E-state index in [0.29, 0.717) is 37.5 Å². The molecule has 2 N–H and O–H groups in total. The van der Waals surface area contributed by atoms with Crippen LogP contribution in [0.2, 0.25) is 0 Å². The molecule has 1 fully saturated rings. The van der Waals surface area contributed by atoms with E-state index in [1.54, 1.807) is 12.0 Å². The van der Waals surface area contributed by atoms with Crippen LogP contribution in [-0.4, -0.2) is 56.0 Å². The molecule has 1 saturated heterocycles. The SMILES string of the molecule is COc1cnc(-c2cc3ncn(CCC[C@H](C)Nc4cn[nH]c(=O)c4C(F)(F)F)c(=O)c3cc2F)nc1N1CC(C#N)C1. The molecule has 16 heteroatoms. The highest BCUT2D eigenvalue weighted by atomic mass is 19.4. The molecule has 4 aromatic rings. The van der Waals surface area contributed by atoms with Gasteiger partial charge in [0, 0.05) is 25.7 Å². The smallest absolute Gasteiger partial charge is 0.423 e. The Bertz CT molecular complexity index is 1830. The summed E-state index contributed by atoms with van der Waals surface area (Å²) in [6.07, 6.45) is -0.533. The van der Waals surface area contributed by atoms with E-state index in [-0.39, 0.29) is 34.8 Å². The first-order valence-electron chi connectivity index (χ1n) is 13.2. The number of nitrogens with one attached hydrogen (secondary N) is 2. The third kappa shape index (κ3) is 5.96. The zero-order valence-corrected chi connectivity index (χ0v) is 22.9. The lowest BCUT2D eigenvalue weighted by molar-refractivity contribution is -0.138. The van der Waals surface area contributed by atoms with Crippen LogP contribution >= 0.6 is 0 Å². The monoisotopic (exact) mass is 599 g/mol. The number of fused-ring (bicyclic) bond motifs is 1. The van der Waals surface area contributed by atoms with Crippen molar-refractivity contribution in [1.29, 1.82) is 5.26 Å². The number of aromatic nitrogens is 6. The molecule has 1 aliphatic heterocycles. The molecular weight excluding hydrogens is 574 g/mol. The first-order chi connectivity index (χ1) is 20.5. The number of aromatic amines is 1. The molecule has 224 valence electrons. The number of nitriles is 1. The summed E-state index contributed by atoms with van der Waals surface area (Å²) < 4.78 is 61.8. The van der Waals surface area contributed by atoms with E-state index in [1.165, 1.54) is 30.3 Å². The number of benzene rings is 1. The second-order valence-electron chi connectivity index (χ2n) is 10.1. The fourth-order valence-corrected chi connectivity index (χ4v) is 4.80. The van der Waals surface area contributed by atoms with Gasteiger partial charge in [-0.3, -0.25) is 14.2 Å². The first-order valence-corrected chi connectivity index (χ1v) is 13.2. The fraction of sp³-hybridized carbons (Fsp3) is 0.370. The van der Waals surface area contributed by atoms with Gasteiger partial charge >= 0.3 is 6.18 Å². The Labute approximate surface area is 241 Å². The molecule has 0 amide bonds. The predicted molar refractivity (Wildman–Crippen MR) is 147 cm³/mol. The van der Waals surface area contributed by atoms with Gasteiger partial charge in [-0.1, -0.05) is 0 Å². The van der Waals surface area contributed by atoms with Crippen LogP contribution in [0.1, 0.15) is 25.3 Å². The maximum absolute atomic E-state index is 15.3. The molecule has 0 radical (unpaired) electrons. The number of nitrogens with zero attached hydrogens (tertiary/aromatic N) is 7. The lowest BCUT2D eigenvalue weighted by atomic mass is 10.0. The maximum Gasteiger partial charge on any atom is 0.423 e. The molecular formula is C27H25F4N9O3. The number of aryl methyl sites for hydroxylation is 1. The standard InChI is InChI=1S/C27H25F4N9O3/c1-14(36-20-9-35-38-25(41)22(20)27(29,30)31)4-3-5-39-13-34-19-7-16(18(28)6-17(19)26(39)42)23-33-10-21(43-2)24(37-23)40-11-15(8-32)12-40/h6-7,9-10,13-15H,3-5,11-12H2,1-2H3,(H2,36,38,41)/t14-/m0/s1. The van der Waals surface area contributed by atoms with Crippen molar-refractivity contribution in [3.05, 3.63) is 62.9 Å². The minimum atomic E-state index is -4.87.